The smallest absolute Gasteiger partial charge is 0.150 e. The number of fused-ring (bicyclic) bond motifs is 3. The van der Waals surface area contributed by atoms with Crippen molar-refractivity contribution in [3.05, 3.63) is 48.0 Å². The third-order valence-electron chi connectivity index (χ3n) is 2.97. The number of aromatic nitrogens is 1. The van der Waals surface area contributed by atoms with E-state index in [1.807, 2.05) is 25.2 Å². The molecule has 0 saturated heterocycles. The predicted molar refractivity (Wildman–Crippen MR) is 64.6 cm³/mol. The molecule has 0 aliphatic carbocycles. The largest absolute Gasteiger partial charge is 0.343 e. The van der Waals surface area contributed by atoms with Crippen LogP contribution in [0, 0.1) is 6.07 Å². The molecule has 77 valence electrons. The number of nitrogens with zero attached hydrogens (tertiary/aromatic N) is 1. The van der Waals surface area contributed by atoms with Gasteiger partial charge in [0.25, 0.3) is 0 Å². The number of aldehydes is 1. The first-order valence-electron chi connectivity index (χ1n) is 5.15. The highest BCUT2D eigenvalue weighted by atomic mass is 16.1. The van der Waals surface area contributed by atoms with Gasteiger partial charge in [-0.3, -0.25) is 4.79 Å². The lowest BCUT2D eigenvalue weighted by Crippen LogP contribution is -1.86. The van der Waals surface area contributed by atoms with Crippen LogP contribution in [0.4, 0.5) is 0 Å². The molecule has 1 heterocycles. The van der Waals surface area contributed by atoms with E-state index in [-0.39, 0.29) is 0 Å². The van der Waals surface area contributed by atoms with E-state index < -0.39 is 0 Å². The number of benzene rings is 2. The van der Waals surface area contributed by atoms with Gasteiger partial charge >= 0.3 is 0 Å². The van der Waals surface area contributed by atoms with Crippen LogP contribution in [-0.2, 0) is 7.05 Å². The normalized spacial score (nSPS) is 11.1. The van der Waals surface area contributed by atoms with Crippen molar-refractivity contribution in [2.24, 2.45) is 7.05 Å². The molecule has 2 aromatic carbocycles. The van der Waals surface area contributed by atoms with Crippen molar-refractivity contribution >= 4 is 28.1 Å². The average molecular weight is 208 g/mol. The minimum atomic E-state index is 0.670. The highest BCUT2D eigenvalue weighted by Gasteiger charge is 2.07. The second-order valence-corrected chi connectivity index (χ2v) is 3.89. The molecule has 1 radical (unpaired) electrons. The van der Waals surface area contributed by atoms with Gasteiger partial charge in [-0.05, 0) is 18.2 Å². The Morgan fingerprint density at radius 3 is 2.88 bits per heavy atom. The monoisotopic (exact) mass is 208 g/mol. The first-order valence-corrected chi connectivity index (χ1v) is 5.15. The quantitative estimate of drug-likeness (QED) is 0.563. The van der Waals surface area contributed by atoms with Gasteiger partial charge in [-0.15, -0.1) is 0 Å². The van der Waals surface area contributed by atoms with Gasteiger partial charge in [0, 0.05) is 35.0 Å². The summed E-state index contributed by atoms with van der Waals surface area (Å²) in [5.41, 5.74) is 2.87. The van der Waals surface area contributed by atoms with Crippen molar-refractivity contribution in [2.75, 3.05) is 0 Å². The second-order valence-electron chi connectivity index (χ2n) is 3.89. The summed E-state index contributed by atoms with van der Waals surface area (Å²) in [6.45, 7) is 0. The number of aryl methyl sites for hydroxylation is 1. The van der Waals surface area contributed by atoms with Gasteiger partial charge in [-0.2, -0.15) is 0 Å². The maximum Gasteiger partial charge on any atom is 0.150 e. The lowest BCUT2D eigenvalue weighted by atomic mass is 10.1. The molecule has 0 spiro atoms. The fraction of sp³-hybridized carbons (Fsp3) is 0.0714. The first kappa shape index (κ1) is 9.16. The van der Waals surface area contributed by atoms with E-state index >= 15 is 0 Å². The molecule has 3 aromatic rings. The lowest BCUT2D eigenvalue weighted by molar-refractivity contribution is 0.112. The molecule has 2 heteroatoms. The molecule has 2 nitrogen and oxygen atoms in total. The number of hydrogen-bond acceptors (Lipinski definition) is 1. The maximum atomic E-state index is 10.8. The Labute approximate surface area is 93.1 Å². The topological polar surface area (TPSA) is 22.0 Å². The van der Waals surface area contributed by atoms with Crippen LogP contribution in [0.5, 0.6) is 0 Å². The van der Waals surface area contributed by atoms with E-state index in [9.17, 15) is 4.79 Å². The molecule has 0 N–H and O–H groups in total. The molecular formula is C14H10NO. The van der Waals surface area contributed by atoms with Crippen LogP contribution in [-0.4, -0.2) is 10.9 Å². The zero-order chi connectivity index (χ0) is 11.1. The summed E-state index contributed by atoms with van der Waals surface area (Å²) in [4.78, 5) is 10.8. The Morgan fingerprint density at radius 1 is 1.25 bits per heavy atom. The number of carbonyl (C=O) groups excluding carboxylic acids is 1. The molecule has 1 aromatic heterocycles. The van der Waals surface area contributed by atoms with Crippen LogP contribution >= 0.6 is 0 Å². The van der Waals surface area contributed by atoms with E-state index in [4.69, 9.17) is 0 Å². The molecule has 0 atom stereocenters. The van der Waals surface area contributed by atoms with Crippen molar-refractivity contribution in [2.45, 2.75) is 0 Å². The molecular weight excluding hydrogens is 198 g/mol. The Hall–Kier alpha value is -2.09. The summed E-state index contributed by atoms with van der Waals surface area (Å²) in [6, 6.07) is 15.0. The number of hydrogen-bond donors (Lipinski definition) is 0. The summed E-state index contributed by atoms with van der Waals surface area (Å²) in [5, 5.41) is 2.25. The third-order valence-corrected chi connectivity index (χ3v) is 2.97. The molecule has 0 bridgehead atoms. The average Bonchev–Trinajstić information content (AvgIpc) is 2.64. The summed E-state index contributed by atoms with van der Waals surface area (Å²) >= 11 is 0. The van der Waals surface area contributed by atoms with Crippen LogP contribution < -0.4 is 0 Å². The molecule has 3 rings (SSSR count). The third kappa shape index (κ3) is 1.10. The molecule has 0 amide bonds. The van der Waals surface area contributed by atoms with Crippen LogP contribution in [0.3, 0.4) is 0 Å². The van der Waals surface area contributed by atoms with Gasteiger partial charge in [0.05, 0.1) is 5.52 Å². The summed E-state index contributed by atoms with van der Waals surface area (Å²) in [6.07, 6.45) is 0.859. The molecule has 0 aliphatic heterocycles. The standard InChI is InChI=1S/C14H10NO/c1-15-13-5-3-2-4-11(13)12-8-10(9-16)6-7-14(12)15/h2-6,8-9H,1H3. The number of rotatable bonds is 1. The summed E-state index contributed by atoms with van der Waals surface area (Å²) < 4.78 is 2.10. The van der Waals surface area contributed by atoms with Gasteiger partial charge in [0.2, 0.25) is 0 Å². The van der Waals surface area contributed by atoms with Crippen molar-refractivity contribution < 1.29 is 4.79 Å². The number of carbonyl (C=O) groups is 1. The Balaban J connectivity index is 2.57. The highest BCUT2D eigenvalue weighted by molar-refractivity contribution is 6.08. The van der Waals surface area contributed by atoms with Crippen molar-refractivity contribution in [3.63, 3.8) is 0 Å². The Morgan fingerprint density at radius 2 is 2.06 bits per heavy atom. The van der Waals surface area contributed by atoms with Crippen LogP contribution in [0.1, 0.15) is 10.4 Å². The zero-order valence-corrected chi connectivity index (χ0v) is 8.90. The highest BCUT2D eigenvalue weighted by Crippen LogP contribution is 2.27. The fourth-order valence-corrected chi connectivity index (χ4v) is 2.17. The molecule has 0 unspecified atom stereocenters. The van der Waals surface area contributed by atoms with Gasteiger partial charge in [0.15, 0.2) is 0 Å². The van der Waals surface area contributed by atoms with Crippen LogP contribution in [0.2, 0.25) is 0 Å². The molecule has 0 fully saturated rings. The van der Waals surface area contributed by atoms with Crippen LogP contribution in [0.15, 0.2) is 36.4 Å². The van der Waals surface area contributed by atoms with E-state index in [1.165, 1.54) is 5.39 Å². The van der Waals surface area contributed by atoms with E-state index in [1.54, 1.807) is 6.07 Å². The van der Waals surface area contributed by atoms with Gasteiger partial charge < -0.3 is 4.57 Å². The van der Waals surface area contributed by atoms with E-state index in [0.29, 0.717) is 5.56 Å². The lowest BCUT2D eigenvalue weighted by Gasteiger charge is -1.96. The molecule has 16 heavy (non-hydrogen) atoms. The Kier molecular flexibility index (Phi) is 1.83. The van der Waals surface area contributed by atoms with E-state index in [0.717, 1.165) is 22.7 Å². The zero-order valence-electron chi connectivity index (χ0n) is 8.90. The molecule has 0 aliphatic rings. The Bertz CT molecular complexity index is 694. The van der Waals surface area contributed by atoms with Crippen molar-refractivity contribution in [1.82, 2.24) is 4.57 Å². The summed E-state index contributed by atoms with van der Waals surface area (Å²) in [5.74, 6) is 0. The first-order chi connectivity index (χ1) is 7.81. The molecule has 0 saturated carbocycles. The predicted octanol–water partition coefficient (Wildman–Crippen LogP) is 2.94. The van der Waals surface area contributed by atoms with Gasteiger partial charge in [-0.25, -0.2) is 0 Å². The van der Waals surface area contributed by atoms with Crippen molar-refractivity contribution in [3.8, 4) is 0 Å². The second kappa shape index (κ2) is 3.20. The maximum absolute atomic E-state index is 10.8. The summed E-state index contributed by atoms with van der Waals surface area (Å²) in [7, 11) is 2.02. The SMILES string of the molecule is Cn1c2[c]cc(C=O)cc2c2ccccc21. The van der Waals surface area contributed by atoms with Crippen molar-refractivity contribution in [1.29, 1.82) is 0 Å². The number of para-hydroxylation sites is 1. The van der Waals surface area contributed by atoms with E-state index in [2.05, 4.69) is 22.8 Å². The van der Waals surface area contributed by atoms with Gasteiger partial charge in [-0.1, -0.05) is 18.2 Å². The minimum Gasteiger partial charge on any atom is -0.343 e. The van der Waals surface area contributed by atoms with Crippen LogP contribution in [0.25, 0.3) is 21.8 Å². The van der Waals surface area contributed by atoms with Gasteiger partial charge in [0.1, 0.15) is 6.29 Å². The minimum absolute atomic E-state index is 0.670. The fourth-order valence-electron chi connectivity index (χ4n) is 2.17.